The van der Waals surface area contributed by atoms with Crippen molar-refractivity contribution >= 4 is 15.9 Å². The molecule has 0 aliphatic carbocycles. The lowest BCUT2D eigenvalue weighted by Crippen LogP contribution is -2.22. The Balaban J connectivity index is 2.31. The Kier molecular flexibility index (Phi) is 4.07. The van der Waals surface area contributed by atoms with Crippen LogP contribution in [0.15, 0.2) is 6.20 Å². The third-order valence-corrected chi connectivity index (χ3v) is 2.15. The summed E-state index contributed by atoms with van der Waals surface area (Å²) in [5.74, 6) is 0. The molecule has 1 aromatic heterocycles. The van der Waals surface area contributed by atoms with E-state index in [0.717, 1.165) is 17.6 Å². The lowest BCUT2D eigenvalue weighted by Gasteiger charge is -2.19. The van der Waals surface area contributed by atoms with Crippen LogP contribution in [0, 0.1) is 0 Å². The molecule has 1 rings (SSSR count). The van der Waals surface area contributed by atoms with Crippen LogP contribution < -0.4 is 0 Å². The molecule has 0 aliphatic heterocycles. The first-order valence-corrected chi connectivity index (χ1v) is 5.72. The van der Waals surface area contributed by atoms with Gasteiger partial charge in [-0.2, -0.15) is 0 Å². The summed E-state index contributed by atoms with van der Waals surface area (Å²) in [5, 5.41) is 8.67. The Bertz CT molecular complexity index is 280. The van der Waals surface area contributed by atoms with Crippen LogP contribution in [-0.4, -0.2) is 27.2 Å². The van der Waals surface area contributed by atoms with Gasteiger partial charge in [0.1, 0.15) is 0 Å². The first-order valence-electron chi connectivity index (χ1n) is 4.60. The van der Waals surface area contributed by atoms with Gasteiger partial charge < -0.3 is 4.74 Å². The fourth-order valence-electron chi connectivity index (χ4n) is 0.954. The van der Waals surface area contributed by atoms with Crippen LogP contribution in [0.4, 0.5) is 0 Å². The summed E-state index contributed by atoms with van der Waals surface area (Å²) >= 11 is 3.32. The molecule has 0 aliphatic rings. The molecule has 0 saturated carbocycles. The molecule has 4 nitrogen and oxygen atoms in total. The molecule has 80 valence electrons. The summed E-state index contributed by atoms with van der Waals surface area (Å²) in [6, 6.07) is 0. The molecule has 0 radical (unpaired) electrons. The van der Waals surface area contributed by atoms with Gasteiger partial charge in [-0.3, -0.25) is 0 Å². The van der Waals surface area contributed by atoms with Gasteiger partial charge >= 0.3 is 0 Å². The van der Waals surface area contributed by atoms with Gasteiger partial charge in [0, 0.05) is 11.5 Å². The van der Waals surface area contributed by atoms with Crippen LogP contribution in [0.25, 0.3) is 0 Å². The third kappa shape index (κ3) is 4.19. The van der Waals surface area contributed by atoms with Gasteiger partial charge in [0.05, 0.1) is 24.4 Å². The van der Waals surface area contributed by atoms with Gasteiger partial charge in [0.25, 0.3) is 0 Å². The fraction of sp³-hybridized carbons (Fsp3) is 0.778. The van der Waals surface area contributed by atoms with Crippen molar-refractivity contribution < 1.29 is 4.74 Å². The number of hydrogen-bond acceptors (Lipinski definition) is 3. The highest BCUT2D eigenvalue weighted by Gasteiger charge is 2.09. The van der Waals surface area contributed by atoms with Crippen molar-refractivity contribution in [3.63, 3.8) is 0 Å². The molecule has 1 aromatic rings. The highest BCUT2D eigenvalue weighted by Crippen LogP contribution is 2.06. The third-order valence-electron chi connectivity index (χ3n) is 1.58. The molecule has 0 aromatic carbocycles. The lowest BCUT2D eigenvalue weighted by atomic mass is 10.2. The van der Waals surface area contributed by atoms with Crippen LogP contribution in [0.3, 0.4) is 0 Å². The highest BCUT2D eigenvalue weighted by molar-refractivity contribution is 9.08. The highest BCUT2D eigenvalue weighted by atomic mass is 79.9. The largest absolute Gasteiger partial charge is 0.374 e. The van der Waals surface area contributed by atoms with E-state index < -0.39 is 0 Å². The number of alkyl halides is 1. The van der Waals surface area contributed by atoms with Crippen molar-refractivity contribution in [3.05, 3.63) is 11.9 Å². The maximum Gasteiger partial charge on any atom is 0.0932 e. The van der Waals surface area contributed by atoms with Crippen LogP contribution in [0.5, 0.6) is 0 Å². The number of aromatic nitrogens is 3. The summed E-state index contributed by atoms with van der Waals surface area (Å²) < 4.78 is 7.37. The second-order valence-corrected chi connectivity index (χ2v) is 4.63. The number of hydrogen-bond donors (Lipinski definition) is 0. The molecule has 5 heteroatoms. The fourth-order valence-corrected chi connectivity index (χ4v) is 1.21. The topological polar surface area (TPSA) is 39.9 Å². The molecule has 0 atom stereocenters. The van der Waals surface area contributed by atoms with Crippen molar-refractivity contribution in [1.82, 2.24) is 15.0 Å². The van der Waals surface area contributed by atoms with Gasteiger partial charge in [-0.1, -0.05) is 21.1 Å². The molecular formula is C9H16BrN3O. The summed E-state index contributed by atoms with van der Waals surface area (Å²) in [6.07, 6.45) is 1.92. The lowest BCUT2D eigenvalue weighted by molar-refractivity contribution is -0.00805. The Morgan fingerprint density at radius 1 is 1.50 bits per heavy atom. The Morgan fingerprint density at radius 3 is 2.71 bits per heavy atom. The molecule has 0 bridgehead atoms. The van der Waals surface area contributed by atoms with Crippen molar-refractivity contribution in [2.45, 2.75) is 38.2 Å². The van der Waals surface area contributed by atoms with Crippen molar-refractivity contribution in [2.75, 3.05) is 6.61 Å². The van der Waals surface area contributed by atoms with E-state index in [1.54, 1.807) is 4.68 Å². The zero-order chi connectivity index (χ0) is 10.6. The van der Waals surface area contributed by atoms with Gasteiger partial charge in [0.2, 0.25) is 0 Å². The molecule has 0 fully saturated rings. The normalized spacial score (nSPS) is 12.0. The van der Waals surface area contributed by atoms with E-state index in [4.69, 9.17) is 4.74 Å². The number of ether oxygens (including phenoxy) is 1. The molecule has 0 unspecified atom stereocenters. The molecule has 0 saturated heterocycles. The van der Waals surface area contributed by atoms with E-state index in [1.165, 1.54) is 0 Å². The van der Waals surface area contributed by atoms with Crippen molar-refractivity contribution in [2.24, 2.45) is 0 Å². The average molecular weight is 262 g/mol. The van der Waals surface area contributed by atoms with Crippen molar-refractivity contribution in [3.8, 4) is 0 Å². The van der Waals surface area contributed by atoms with E-state index in [9.17, 15) is 0 Å². The van der Waals surface area contributed by atoms with Gasteiger partial charge in [-0.15, -0.1) is 5.10 Å². The van der Waals surface area contributed by atoms with E-state index >= 15 is 0 Å². The van der Waals surface area contributed by atoms with E-state index in [1.807, 2.05) is 27.0 Å². The Morgan fingerprint density at radius 2 is 2.21 bits per heavy atom. The minimum absolute atomic E-state index is 0.0845. The minimum Gasteiger partial charge on any atom is -0.374 e. The Hall–Kier alpha value is -0.420. The standard InChI is InChI=1S/C9H16BrN3O/c1-9(2,3)14-5-4-13-7-8(6-10)11-12-13/h7H,4-6H2,1-3H3. The van der Waals surface area contributed by atoms with Crippen molar-refractivity contribution in [1.29, 1.82) is 0 Å². The minimum atomic E-state index is -0.0845. The second kappa shape index (κ2) is 4.89. The zero-order valence-electron chi connectivity index (χ0n) is 8.83. The van der Waals surface area contributed by atoms with E-state index in [0.29, 0.717) is 6.61 Å². The molecule has 0 N–H and O–H groups in total. The van der Waals surface area contributed by atoms with Crippen LogP contribution in [0.2, 0.25) is 0 Å². The number of rotatable bonds is 4. The zero-order valence-corrected chi connectivity index (χ0v) is 10.4. The molecule has 14 heavy (non-hydrogen) atoms. The van der Waals surface area contributed by atoms with E-state index in [-0.39, 0.29) is 5.60 Å². The van der Waals surface area contributed by atoms with Crippen LogP contribution in [-0.2, 0) is 16.6 Å². The van der Waals surface area contributed by atoms with Crippen LogP contribution in [0.1, 0.15) is 26.5 Å². The summed E-state index contributed by atoms with van der Waals surface area (Å²) in [4.78, 5) is 0. The maximum atomic E-state index is 5.58. The summed E-state index contributed by atoms with van der Waals surface area (Å²) in [7, 11) is 0. The van der Waals surface area contributed by atoms with Gasteiger partial charge in [-0.05, 0) is 20.8 Å². The maximum absolute atomic E-state index is 5.58. The first kappa shape index (κ1) is 11.7. The first-order chi connectivity index (χ1) is 6.51. The van der Waals surface area contributed by atoms with Gasteiger partial charge in [0.15, 0.2) is 0 Å². The Labute approximate surface area is 92.8 Å². The molecule has 1 heterocycles. The molecule has 0 spiro atoms. The second-order valence-electron chi connectivity index (χ2n) is 4.07. The SMILES string of the molecule is CC(C)(C)OCCn1cc(CBr)nn1. The summed E-state index contributed by atoms with van der Waals surface area (Å²) in [5.41, 5.74) is 0.861. The predicted molar refractivity (Wildman–Crippen MR) is 58.4 cm³/mol. The quantitative estimate of drug-likeness (QED) is 0.779. The average Bonchev–Trinajstić information content (AvgIpc) is 2.50. The predicted octanol–water partition coefficient (Wildman–Crippen LogP) is 1.99. The smallest absolute Gasteiger partial charge is 0.0932 e. The number of halogens is 1. The summed E-state index contributed by atoms with van der Waals surface area (Å²) in [6.45, 7) is 7.53. The van der Waals surface area contributed by atoms with E-state index in [2.05, 4.69) is 26.2 Å². The molecular weight excluding hydrogens is 246 g/mol. The monoisotopic (exact) mass is 261 g/mol. The molecule has 0 amide bonds. The number of nitrogens with zero attached hydrogens (tertiary/aromatic N) is 3. The van der Waals surface area contributed by atoms with Crippen LogP contribution >= 0.6 is 15.9 Å². The van der Waals surface area contributed by atoms with Gasteiger partial charge in [-0.25, -0.2) is 4.68 Å².